The van der Waals surface area contributed by atoms with Crippen LogP contribution in [-0.2, 0) is 6.18 Å². The summed E-state index contributed by atoms with van der Waals surface area (Å²) in [6.07, 6.45) is -3.73. The first kappa shape index (κ1) is 21.8. The predicted molar refractivity (Wildman–Crippen MR) is 88.4 cm³/mol. The van der Waals surface area contributed by atoms with Gasteiger partial charge in [-0.2, -0.15) is 13.2 Å². The standard InChI is InChI=1S/C14H18ClF3N2.2ClH/c1-2-13(20-7-5-19-6-8-20)11-4-3-10(15)9-12(11)14(16,17)18;;/h3-4,9,13,19H,2,5-8H2,1H3;2*1H/t13-;;/m1../s1. The molecule has 1 aromatic carbocycles. The quantitative estimate of drug-likeness (QED) is 0.828. The van der Waals surface area contributed by atoms with Crippen molar-refractivity contribution < 1.29 is 13.2 Å². The fourth-order valence-corrected chi connectivity index (χ4v) is 2.91. The van der Waals surface area contributed by atoms with Crippen molar-refractivity contribution in [3.8, 4) is 0 Å². The normalized spacial score (nSPS) is 17.3. The van der Waals surface area contributed by atoms with E-state index in [-0.39, 0.29) is 35.9 Å². The van der Waals surface area contributed by atoms with Gasteiger partial charge >= 0.3 is 6.18 Å². The molecular formula is C14H20Cl3F3N2. The summed E-state index contributed by atoms with van der Waals surface area (Å²) in [6.45, 7) is 5.06. The average molecular weight is 380 g/mol. The molecule has 1 saturated heterocycles. The number of halogens is 6. The summed E-state index contributed by atoms with van der Waals surface area (Å²) in [6, 6.07) is 3.87. The zero-order valence-corrected chi connectivity index (χ0v) is 14.5. The van der Waals surface area contributed by atoms with Gasteiger partial charge in [-0.25, -0.2) is 0 Å². The molecule has 1 fully saturated rings. The Balaban J connectivity index is 0.00000220. The summed E-state index contributed by atoms with van der Waals surface area (Å²) in [5, 5.41) is 3.34. The van der Waals surface area contributed by atoms with Crippen LogP contribution >= 0.6 is 36.4 Å². The van der Waals surface area contributed by atoms with Gasteiger partial charge in [-0.05, 0) is 24.1 Å². The van der Waals surface area contributed by atoms with Crippen LogP contribution in [0.2, 0.25) is 5.02 Å². The number of benzene rings is 1. The van der Waals surface area contributed by atoms with Crippen molar-refractivity contribution >= 4 is 36.4 Å². The number of nitrogens with zero attached hydrogens (tertiary/aromatic N) is 1. The third kappa shape index (κ3) is 5.17. The summed E-state index contributed by atoms with van der Waals surface area (Å²) >= 11 is 5.73. The van der Waals surface area contributed by atoms with Crippen LogP contribution in [0.25, 0.3) is 0 Å². The Morgan fingerprint density at radius 3 is 2.32 bits per heavy atom. The van der Waals surface area contributed by atoms with Gasteiger partial charge < -0.3 is 5.32 Å². The topological polar surface area (TPSA) is 15.3 Å². The lowest BCUT2D eigenvalue weighted by Gasteiger charge is -2.35. The Morgan fingerprint density at radius 2 is 1.82 bits per heavy atom. The fraction of sp³-hybridized carbons (Fsp3) is 0.571. The highest BCUT2D eigenvalue weighted by molar-refractivity contribution is 6.30. The fourth-order valence-electron chi connectivity index (χ4n) is 2.73. The van der Waals surface area contributed by atoms with Crippen LogP contribution in [-0.4, -0.2) is 31.1 Å². The molecule has 0 unspecified atom stereocenters. The van der Waals surface area contributed by atoms with Gasteiger partial charge in [0.25, 0.3) is 0 Å². The monoisotopic (exact) mass is 378 g/mol. The molecule has 1 aliphatic heterocycles. The molecule has 128 valence electrons. The lowest BCUT2D eigenvalue weighted by Crippen LogP contribution is -2.45. The lowest BCUT2D eigenvalue weighted by atomic mass is 9.96. The van der Waals surface area contributed by atoms with Crippen LogP contribution in [0.5, 0.6) is 0 Å². The largest absolute Gasteiger partial charge is 0.416 e. The van der Waals surface area contributed by atoms with Crippen molar-refractivity contribution in [2.24, 2.45) is 0 Å². The second-order valence-corrected chi connectivity index (χ2v) is 5.38. The average Bonchev–Trinajstić information content (AvgIpc) is 2.41. The van der Waals surface area contributed by atoms with Crippen LogP contribution in [0.3, 0.4) is 0 Å². The molecule has 0 amide bonds. The lowest BCUT2D eigenvalue weighted by molar-refractivity contribution is -0.138. The van der Waals surface area contributed by atoms with Crippen molar-refractivity contribution in [2.45, 2.75) is 25.6 Å². The SMILES string of the molecule is CC[C@H](c1ccc(Cl)cc1C(F)(F)F)N1CCNCC1.Cl.Cl. The first-order valence-corrected chi connectivity index (χ1v) is 7.12. The Labute approximate surface area is 146 Å². The predicted octanol–water partition coefficient (Wildman–Crippen LogP) is 4.56. The molecule has 0 saturated carbocycles. The molecule has 2 nitrogen and oxygen atoms in total. The maximum atomic E-state index is 13.2. The molecule has 1 aliphatic rings. The van der Waals surface area contributed by atoms with Gasteiger partial charge in [-0.1, -0.05) is 24.6 Å². The van der Waals surface area contributed by atoms with E-state index in [0.29, 0.717) is 12.0 Å². The summed E-state index contributed by atoms with van der Waals surface area (Å²) in [5.41, 5.74) is -0.290. The highest BCUT2D eigenvalue weighted by Crippen LogP contribution is 2.38. The van der Waals surface area contributed by atoms with Crippen molar-refractivity contribution in [2.75, 3.05) is 26.2 Å². The van der Waals surface area contributed by atoms with Gasteiger partial charge in [0.15, 0.2) is 0 Å². The molecule has 8 heteroatoms. The van der Waals surface area contributed by atoms with E-state index in [1.807, 2.05) is 6.92 Å². The van der Waals surface area contributed by atoms with Gasteiger partial charge in [-0.3, -0.25) is 4.90 Å². The van der Waals surface area contributed by atoms with Crippen LogP contribution in [0, 0.1) is 0 Å². The van der Waals surface area contributed by atoms with E-state index in [1.54, 1.807) is 0 Å². The molecular weight excluding hydrogens is 360 g/mol. The van der Waals surface area contributed by atoms with Crippen molar-refractivity contribution in [1.82, 2.24) is 10.2 Å². The Kier molecular flexibility index (Phi) is 9.10. The second kappa shape index (κ2) is 9.18. The number of hydrogen-bond donors (Lipinski definition) is 1. The maximum absolute atomic E-state index is 13.2. The highest BCUT2D eigenvalue weighted by Gasteiger charge is 2.36. The summed E-state index contributed by atoms with van der Waals surface area (Å²) in [5.74, 6) is 0. The van der Waals surface area contributed by atoms with Crippen molar-refractivity contribution in [3.63, 3.8) is 0 Å². The molecule has 1 N–H and O–H groups in total. The minimum Gasteiger partial charge on any atom is -0.314 e. The minimum absolute atomic E-state index is 0. The molecule has 0 spiro atoms. The van der Waals surface area contributed by atoms with Crippen molar-refractivity contribution in [1.29, 1.82) is 0 Å². The molecule has 0 radical (unpaired) electrons. The molecule has 1 atom stereocenters. The Hall–Kier alpha value is -0.200. The van der Waals surface area contributed by atoms with E-state index < -0.39 is 11.7 Å². The third-order valence-electron chi connectivity index (χ3n) is 3.66. The first-order chi connectivity index (χ1) is 9.43. The number of piperazine rings is 1. The molecule has 1 heterocycles. The van der Waals surface area contributed by atoms with Crippen LogP contribution in [0.15, 0.2) is 18.2 Å². The van der Waals surface area contributed by atoms with E-state index in [4.69, 9.17) is 11.6 Å². The smallest absolute Gasteiger partial charge is 0.314 e. The first-order valence-electron chi connectivity index (χ1n) is 6.75. The molecule has 1 aromatic rings. The molecule has 2 rings (SSSR count). The maximum Gasteiger partial charge on any atom is 0.416 e. The zero-order valence-electron chi connectivity index (χ0n) is 12.1. The molecule has 0 aromatic heterocycles. The van der Waals surface area contributed by atoms with E-state index >= 15 is 0 Å². The number of hydrogen-bond acceptors (Lipinski definition) is 2. The number of alkyl halides is 3. The van der Waals surface area contributed by atoms with Gasteiger partial charge in [0.05, 0.1) is 5.56 Å². The Morgan fingerprint density at radius 1 is 1.23 bits per heavy atom. The summed E-state index contributed by atoms with van der Waals surface area (Å²) in [4.78, 5) is 2.11. The van der Waals surface area contributed by atoms with Crippen LogP contribution in [0.1, 0.15) is 30.5 Å². The highest BCUT2D eigenvalue weighted by atomic mass is 35.5. The van der Waals surface area contributed by atoms with Gasteiger partial charge in [0.1, 0.15) is 0 Å². The van der Waals surface area contributed by atoms with E-state index in [1.165, 1.54) is 12.1 Å². The van der Waals surface area contributed by atoms with E-state index in [2.05, 4.69) is 10.2 Å². The third-order valence-corrected chi connectivity index (χ3v) is 3.89. The molecule has 22 heavy (non-hydrogen) atoms. The van der Waals surface area contributed by atoms with Gasteiger partial charge in [0.2, 0.25) is 0 Å². The summed E-state index contributed by atoms with van der Waals surface area (Å²) in [7, 11) is 0. The van der Waals surface area contributed by atoms with E-state index in [9.17, 15) is 13.2 Å². The van der Waals surface area contributed by atoms with Gasteiger partial charge in [0, 0.05) is 37.2 Å². The molecule has 0 aliphatic carbocycles. The zero-order chi connectivity index (χ0) is 14.8. The van der Waals surface area contributed by atoms with E-state index in [0.717, 1.165) is 32.2 Å². The molecule has 0 bridgehead atoms. The second-order valence-electron chi connectivity index (χ2n) is 4.94. The van der Waals surface area contributed by atoms with Crippen LogP contribution < -0.4 is 5.32 Å². The van der Waals surface area contributed by atoms with Gasteiger partial charge in [-0.15, -0.1) is 24.8 Å². The summed E-state index contributed by atoms with van der Waals surface area (Å²) < 4.78 is 39.6. The minimum atomic E-state index is -4.37. The Bertz CT molecular complexity index is 463. The van der Waals surface area contributed by atoms with Crippen molar-refractivity contribution in [3.05, 3.63) is 34.3 Å². The number of nitrogens with one attached hydrogen (secondary N) is 1. The number of rotatable bonds is 3. The van der Waals surface area contributed by atoms with Crippen LogP contribution in [0.4, 0.5) is 13.2 Å².